The van der Waals surface area contributed by atoms with E-state index in [0.29, 0.717) is 25.0 Å². The van der Waals surface area contributed by atoms with Crippen molar-refractivity contribution in [2.45, 2.75) is 19.8 Å². The van der Waals surface area contributed by atoms with Gasteiger partial charge in [-0.05, 0) is 47.9 Å². The predicted molar refractivity (Wildman–Crippen MR) is 113 cm³/mol. The minimum atomic E-state index is 0.429. The lowest BCUT2D eigenvalue weighted by molar-refractivity contribution is 0.331. The Bertz CT molecular complexity index is 882. The molecule has 0 unspecified atom stereocenters. The van der Waals surface area contributed by atoms with Gasteiger partial charge >= 0.3 is 0 Å². The van der Waals surface area contributed by atoms with Gasteiger partial charge in [-0.3, -0.25) is 0 Å². The van der Waals surface area contributed by atoms with Gasteiger partial charge in [0.25, 0.3) is 0 Å². The number of hydrogen-bond donors (Lipinski definition) is 2. The van der Waals surface area contributed by atoms with Gasteiger partial charge in [0.15, 0.2) is 0 Å². The molecule has 28 heavy (non-hydrogen) atoms. The minimum absolute atomic E-state index is 0.429. The average Bonchev–Trinajstić information content (AvgIpc) is 2.72. The normalized spacial score (nSPS) is 10.6. The van der Waals surface area contributed by atoms with Crippen molar-refractivity contribution < 1.29 is 9.47 Å². The summed E-state index contributed by atoms with van der Waals surface area (Å²) in [7, 11) is 1.64. The number of nitrogens with one attached hydrogen (secondary N) is 2. The highest BCUT2D eigenvalue weighted by molar-refractivity contribution is 5.61. The predicted octanol–water partition coefficient (Wildman–Crippen LogP) is 4.84. The molecule has 3 rings (SSSR count). The number of benzene rings is 2. The Balaban J connectivity index is 1.53. The minimum Gasteiger partial charge on any atom is -0.497 e. The molecular formula is C22H26N4O2. The highest BCUT2D eigenvalue weighted by Gasteiger charge is 2.07. The van der Waals surface area contributed by atoms with E-state index in [1.165, 1.54) is 5.56 Å². The molecule has 0 spiro atoms. The van der Waals surface area contributed by atoms with Gasteiger partial charge < -0.3 is 20.1 Å². The second kappa shape index (κ2) is 9.60. The first-order chi connectivity index (χ1) is 13.7. The van der Waals surface area contributed by atoms with Gasteiger partial charge in [-0.2, -0.15) is 4.98 Å². The van der Waals surface area contributed by atoms with Gasteiger partial charge in [-0.25, -0.2) is 4.98 Å². The Morgan fingerprint density at radius 3 is 2.46 bits per heavy atom. The number of aromatic nitrogens is 2. The number of anilines is 3. The number of para-hydroxylation sites is 1. The first-order valence-corrected chi connectivity index (χ1v) is 9.35. The molecule has 6 heteroatoms. The lowest BCUT2D eigenvalue weighted by Gasteiger charge is -2.14. The van der Waals surface area contributed by atoms with Crippen molar-refractivity contribution in [2.75, 3.05) is 30.9 Å². The van der Waals surface area contributed by atoms with E-state index in [9.17, 15) is 0 Å². The van der Waals surface area contributed by atoms with E-state index in [-0.39, 0.29) is 0 Å². The fourth-order valence-corrected chi connectivity index (χ4v) is 2.77. The summed E-state index contributed by atoms with van der Waals surface area (Å²) in [4.78, 5) is 8.80. The third kappa shape index (κ3) is 5.36. The molecule has 0 radical (unpaired) electrons. The Hall–Kier alpha value is -3.28. The van der Waals surface area contributed by atoms with Crippen LogP contribution in [-0.2, 0) is 0 Å². The summed E-state index contributed by atoms with van der Waals surface area (Å²) in [5, 5.41) is 6.58. The maximum atomic E-state index is 5.71. The van der Waals surface area contributed by atoms with Crippen LogP contribution in [0.1, 0.15) is 25.3 Å². The summed E-state index contributed by atoms with van der Waals surface area (Å²) in [6.45, 7) is 5.45. The average molecular weight is 378 g/mol. The van der Waals surface area contributed by atoms with Crippen LogP contribution in [0.15, 0.2) is 60.8 Å². The largest absolute Gasteiger partial charge is 0.497 e. The lowest BCUT2D eigenvalue weighted by atomic mass is 10.0. The molecule has 0 saturated heterocycles. The number of nitrogens with zero attached hydrogens (tertiary/aromatic N) is 2. The number of hydrogen-bond acceptors (Lipinski definition) is 6. The molecule has 0 aliphatic rings. The van der Waals surface area contributed by atoms with Gasteiger partial charge in [-0.1, -0.05) is 32.0 Å². The van der Waals surface area contributed by atoms with E-state index in [4.69, 9.17) is 9.47 Å². The molecule has 3 aromatic rings. The van der Waals surface area contributed by atoms with Crippen LogP contribution in [0.4, 0.5) is 17.5 Å². The number of methoxy groups -OCH3 is 1. The van der Waals surface area contributed by atoms with E-state index in [0.717, 1.165) is 23.0 Å². The van der Waals surface area contributed by atoms with E-state index in [1.54, 1.807) is 13.3 Å². The molecule has 2 N–H and O–H groups in total. The zero-order valence-electron chi connectivity index (χ0n) is 16.5. The summed E-state index contributed by atoms with van der Waals surface area (Å²) in [6.07, 6.45) is 1.74. The fraction of sp³-hybridized carbons (Fsp3) is 0.273. The van der Waals surface area contributed by atoms with Gasteiger partial charge in [0, 0.05) is 11.9 Å². The van der Waals surface area contributed by atoms with Crippen LogP contribution in [0.25, 0.3) is 0 Å². The van der Waals surface area contributed by atoms with E-state index in [1.807, 2.05) is 36.4 Å². The molecule has 0 saturated carbocycles. The van der Waals surface area contributed by atoms with Gasteiger partial charge in [-0.15, -0.1) is 0 Å². The second-order valence-electron chi connectivity index (χ2n) is 6.58. The molecule has 0 aliphatic carbocycles. The van der Waals surface area contributed by atoms with Crippen LogP contribution < -0.4 is 20.1 Å². The van der Waals surface area contributed by atoms with Crippen molar-refractivity contribution in [1.82, 2.24) is 9.97 Å². The quantitative estimate of drug-likeness (QED) is 0.519. The fourth-order valence-electron chi connectivity index (χ4n) is 2.77. The van der Waals surface area contributed by atoms with E-state index >= 15 is 0 Å². The standard InChI is InChI=1S/C22H26N4O2/c1-16(2)19-6-4-5-7-20(19)25-21-12-13-23-22(26-21)24-14-15-28-18-10-8-17(27-3)9-11-18/h4-13,16H,14-15H2,1-3H3,(H2,23,24,25,26). The monoisotopic (exact) mass is 378 g/mol. The third-order valence-electron chi connectivity index (χ3n) is 4.21. The second-order valence-corrected chi connectivity index (χ2v) is 6.58. The SMILES string of the molecule is COc1ccc(OCCNc2nccc(Nc3ccccc3C(C)C)n2)cc1. The Morgan fingerprint density at radius 2 is 1.71 bits per heavy atom. The zero-order chi connectivity index (χ0) is 19.8. The summed E-state index contributed by atoms with van der Waals surface area (Å²) in [6, 6.07) is 17.6. The van der Waals surface area contributed by atoms with E-state index in [2.05, 4.69) is 52.6 Å². The molecule has 2 aromatic carbocycles. The smallest absolute Gasteiger partial charge is 0.224 e. The van der Waals surface area contributed by atoms with Gasteiger partial charge in [0.1, 0.15) is 23.9 Å². The molecule has 6 nitrogen and oxygen atoms in total. The highest BCUT2D eigenvalue weighted by Crippen LogP contribution is 2.26. The van der Waals surface area contributed by atoms with Crippen LogP contribution in [0.5, 0.6) is 11.5 Å². The molecule has 0 fully saturated rings. The molecule has 0 amide bonds. The molecule has 146 valence electrons. The Morgan fingerprint density at radius 1 is 0.964 bits per heavy atom. The summed E-state index contributed by atoms with van der Waals surface area (Å²) >= 11 is 0. The summed E-state index contributed by atoms with van der Waals surface area (Å²) in [5.41, 5.74) is 2.31. The molecular weight excluding hydrogens is 352 g/mol. The molecule has 0 atom stereocenters. The first kappa shape index (κ1) is 19.5. The lowest BCUT2D eigenvalue weighted by Crippen LogP contribution is -2.13. The highest BCUT2D eigenvalue weighted by atomic mass is 16.5. The maximum Gasteiger partial charge on any atom is 0.224 e. The van der Waals surface area contributed by atoms with Crippen molar-refractivity contribution in [3.8, 4) is 11.5 Å². The Kier molecular flexibility index (Phi) is 6.68. The molecule has 0 bridgehead atoms. The van der Waals surface area contributed by atoms with E-state index < -0.39 is 0 Å². The van der Waals surface area contributed by atoms with Crippen molar-refractivity contribution in [3.63, 3.8) is 0 Å². The van der Waals surface area contributed by atoms with Crippen LogP contribution >= 0.6 is 0 Å². The van der Waals surface area contributed by atoms with Crippen molar-refractivity contribution in [2.24, 2.45) is 0 Å². The zero-order valence-corrected chi connectivity index (χ0v) is 16.5. The third-order valence-corrected chi connectivity index (χ3v) is 4.21. The van der Waals surface area contributed by atoms with Gasteiger partial charge in [0.2, 0.25) is 5.95 Å². The Labute approximate surface area is 166 Å². The van der Waals surface area contributed by atoms with Crippen LogP contribution in [0.3, 0.4) is 0 Å². The van der Waals surface area contributed by atoms with Crippen molar-refractivity contribution in [3.05, 3.63) is 66.4 Å². The molecule has 1 heterocycles. The van der Waals surface area contributed by atoms with Crippen LogP contribution in [0.2, 0.25) is 0 Å². The van der Waals surface area contributed by atoms with Crippen molar-refractivity contribution >= 4 is 17.5 Å². The number of ether oxygens (including phenoxy) is 2. The summed E-state index contributed by atoms with van der Waals surface area (Å²) in [5.74, 6) is 3.34. The van der Waals surface area contributed by atoms with Gasteiger partial charge in [0.05, 0.1) is 13.7 Å². The number of rotatable bonds is 9. The molecule has 0 aliphatic heterocycles. The molecule has 1 aromatic heterocycles. The topological polar surface area (TPSA) is 68.3 Å². The van der Waals surface area contributed by atoms with Crippen molar-refractivity contribution in [1.29, 1.82) is 0 Å². The van der Waals surface area contributed by atoms with Crippen LogP contribution in [-0.4, -0.2) is 30.2 Å². The summed E-state index contributed by atoms with van der Waals surface area (Å²) < 4.78 is 10.8. The maximum absolute atomic E-state index is 5.71. The van der Waals surface area contributed by atoms with Crippen LogP contribution in [0, 0.1) is 0 Å². The first-order valence-electron chi connectivity index (χ1n) is 9.35.